The molecule has 0 amide bonds. The van der Waals surface area contributed by atoms with E-state index in [-0.39, 0.29) is 12.1 Å². The minimum Gasteiger partial charge on any atom is -0.459 e. The molecule has 5 nitrogen and oxygen atoms in total. The third-order valence-electron chi connectivity index (χ3n) is 2.63. The van der Waals surface area contributed by atoms with Crippen molar-refractivity contribution in [2.45, 2.75) is 33.4 Å². The maximum Gasteiger partial charge on any atom is 0.342 e. The summed E-state index contributed by atoms with van der Waals surface area (Å²) in [6.07, 6.45) is 3.46. The van der Waals surface area contributed by atoms with Crippen LogP contribution >= 0.6 is 11.3 Å². The third kappa shape index (κ3) is 2.78. The molecule has 2 aromatic heterocycles. The molecule has 0 aliphatic rings. The molecule has 102 valence electrons. The fraction of sp³-hybridized carbons (Fsp3) is 0.385. The molecule has 0 saturated heterocycles. The molecule has 0 aliphatic carbocycles. The van der Waals surface area contributed by atoms with Crippen LogP contribution in [0.2, 0.25) is 0 Å². The van der Waals surface area contributed by atoms with Crippen LogP contribution in [0.4, 0.5) is 5.00 Å². The second-order valence-corrected chi connectivity index (χ2v) is 5.34. The molecule has 2 heterocycles. The zero-order chi connectivity index (χ0) is 14.0. The highest BCUT2D eigenvalue weighted by Crippen LogP contribution is 2.34. The van der Waals surface area contributed by atoms with Crippen LogP contribution in [-0.2, 0) is 11.3 Å². The topological polar surface area (TPSA) is 70.1 Å². The number of thiophene rings is 1. The van der Waals surface area contributed by atoms with Gasteiger partial charge in [-0.3, -0.25) is 4.68 Å². The van der Waals surface area contributed by atoms with E-state index in [2.05, 4.69) is 5.10 Å². The van der Waals surface area contributed by atoms with Crippen molar-refractivity contribution in [3.05, 3.63) is 23.3 Å². The summed E-state index contributed by atoms with van der Waals surface area (Å²) in [6, 6.07) is 0. The van der Waals surface area contributed by atoms with Crippen LogP contribution in [0.3, 0.4) is 0 Å². The number of nitrogen functional groups attached to an aromatic ring is 1. The molecule has 2 aromatic rings. The molecule has 19 heavy (non-hydrogen) atoms. The van der Waals surface area contributed by atoms with Gasteiger partial charge in [-0.2, -0.15) is 5.10 Å². The molecule has 0 atom stereocenters. The maximum absolute atomic E-state index is 12.1. The Morgan fingerprint density at radius 2 is 2.32 bits per heavy atom. The Hall–Kier alpha value is -1.82. The van der Waals surface area contributed by atoms with Gasteiger partial charge in [0.2, 0.25) is 0 Å². The molecule has 0 aliphatic heterocycles. The van der Waals surface area contributed by atoms with Crippen LogP contribution in [0, 0.1) is 0 Å². The van der Waals surface area contributed by atoms with E-state index in [4.69, 9.17) is 10.5 Å². The zero-order valence-electron chi connectivity index (χ0n) is 11.2. The molecule has 2 N–H and O–H groups in total. The summed E-state index contributed by atoms with van der Waals surface area (Å²) in [4.78, 5) is 12.1. The van der Waals surface area contributed by atoms with E-state index in [0.717, 1.165) is 17.7 Å². The van der Waals surface area contributed by atoms with Gasteiger partial charge >= 0.3 is 5.97 Å². The summed E-state index contributed by atoms with van der Waals surface area (Å²) in [5.41, 5.74) is 7.99. The largest absolute Gasteiger partial charge is 0.459 e. The van der Waals surface area contributed by atoms with Crippen LogP contribution in [0.5, 0.6) is 0 Å². The van der Waals surface area contributed by atoms with Gasteiger partial charge in [0.1, 0.15) is 10.6 Å². The van der Waals surface area contributed by atoms with Gasteiger partial charge < -0.3 is 10.5 Å². The summed E-state index contributed by atoms with van der Waals surface area (Å²) in [5.74, 6) is -0.381. The Morgan fingerprint density at radius 3 is 2.89 bits per heavy atom. The van der Waals surface area contributed by atoms with Crippen molar-refractivity contribution in [1.29, 1.82) is 0 Å². The van der Waals surface area contributed by atoms with Crippen LogP contribution in [0.15, 0.2) is 17.8 Å². The van der Waals surface area contributed by atoms with Gasteiger partial charge in [-0.05, 0) is 20.8 Å². The van der Waals surface area contributed by atoms with Crippen molar-refractivity contribution < 1.29 is 9.53 Å². The highest BCUT2D eigenvalue weighted by Gasteiger charge is 2.21. The highest BCUT2D eigenvalue weighted by molar-refractivity contribution is 7.14. The lowest BCUT2D eigenvalue weighted by Crippen LogP contribution is -2.13. The smallest absolute Gasteiger partial charge is 0.342 e. The van der Waals surface area contributed by atoms with Gasteiger partial charge in [0.15, 0.2) is 0 Å². The standard InChI is InChI=1S/C13H17N3O2S/c1-4-16-6-9(5-15-16)10-7-19-12(14)11(10)13(17)18-8(2)3/h5-8H,4,14H2,1-3H3. The van der Waals surface area contributed by atoms with Crippen LogP contribution in [0.25, 0.3) is 11.1 Å². The van der Waals surface area contributed by atoms with Crippen molar-refractivity contribution in [1.82, 2.24) is 9.78 Å². The zero-order valence-corrected chi connectivity index (χ0v) is 12.0. The molecule has 2 rings (SSSR count). The molecule has 6 heteroatoms. The Labute approximate surface area is 116 Å². The van der Waals surface area contributed by atoms with Crippen LogP contribution < -0.4 is 5.73 Å². The van der Waals surface area contributed by atoms with E-state index >= 15 is 0 Å². The lowest BCUT2D eigenvalue weighted by molar-refractivity contribution is 0.0380. The maximum atomic E-state index is 12.1. The second-order valence-electron chi connectivity index (χ2n) is 4.43. The SMILES string of the molecule is CCn1cc(-c2csc(N)c2C(=O)OC(C)C)cn1. The summed E-state index contributed by atoms with van der Waals surface area (Å²) < 4.78 is 7.04. The van der Waals surface area contributed by atoms with E-state index in [1.54, 1.807) is 10.9 Å². The lowest BCUT2D eigenvalue weighted by atomic mass is 10.1. The van der Waals surface area contributed by atoms with E-state index in [1.807, 2.05) is 32.3 Å². The first kappa shape index (κ1) is 13.6. The molecule has 0 spiro atoms. The first-order chi connectivity index (χ1) is 9.02. The fourth-order valence-corrected chi connectivity index (χ4v) is 2.55. The quantitative estimate of drug-likeness (QED) is 0.874. The minimum absolute atomic E-state index is 0.169. The number of hydrogen-bond acceptors (Lipinski definition) is 5. The molecule has 0 aromatic carbocycles. The average molecular weight is 279 g/mol. The Morgan fingerprint density at radius 1 is 1.58 bits per heavy atom. The van der Waals surface area contributed by atoms with E-state index in [1.165, 1.54) is 11.3 Å². The van der Waals surface area contributed by atoms with E-state index < -0.39 is 0 Å². The Kier molecular flexibility index (Phi) is 3.90. The predicted octanol–water partition coefficient (Wildman–Crippen LogP) is 2.78. The van der Waals surface area contributed by atoms with E-state index in [0.29, 0.717) is 10.6 Å². The van der Waals surface area contributed by atoms with Crippen molar-refractivity contribution in [3.63, 3.8) is 0 Å². The minimum atomic E-state index is -0.381. The normalized spacial score (nSPS) is 10.9. The van der Waals surface area contributed by atoms with Gasteiger partial charge in [0.25, 0.3) is 0 Å². The monoisotopic (exact) mass is 279 g/mol. The Bertz CT molecular complexity index is 586. The Balaban J connectivity index is 2.39. The van der Waals surface area contributed by atoms with Crippen LogP contribution in [-0.4, -0.2) is 21.9 Å². The number of nitrogens with two attached hydrogens (primary N) is 1. The van der Waals surface area contributed by atoms with Gasteiger partial charge in [0, 0.05) is 29.2 Å². The number of esters is 1. The number of carbonyl (C=O) groups excluding carboxylic acids is 1. The molecule has 0 unspecified atom stereocenters. The number of carbonyl (C=O) groups is 1. The molecule has 0 bridgehead atoms. The first-order valence-corrected chi connectivity index (χ1v) is 7.01. The number of ether oxygens (including phenoxy) is 1. The predicted molar refractivity (Wildman–Crippen MR) is 76.2 cm³/mol. The molecule has 0 fully saturated rings. The van der Waals surface area contributed by atoms with Gasteiger partial charge in [0.05, 0.1) is 12.3 Å². The third-order valence-corrected chi connectivity index (χ3v) is 3.45. The summed E-state index contributed by atoms with van der Waals surface area (Å²) in [5, 5.41) is 6.55. The van der Waals surface area contributed by atoms with Gasteiger partial charge in [-0.1, -0.05) is 0 Å². The van der Waals surface area contributed by atoms with Crippen molar-refractivity contribution in [2.75, 3.05) is 5.73 Å². The summed E-state index contributed by atoms with van der Waals surface area (Å²) in [6.45, 7) is 6.42. The number of nitrogens with zero attached hydrogens (tertiary/aromatic N) is 2. The molecule has 0 saturated carbocycles. The molecular formula is C13H17N3O2S. The number of aryl methyl sites for hydroxylation is 1. The van der Waals surface area contributed by atoms with Crippen molar-refractivity contribution in [2.24, 2.45) is 0 Å². The van der Waals surface area contributed by atoms with Crippen molar-refractivity contribution >= 4 is 22.3 Å². The average Bonchev–Trinajstić information content (AvgIpc) is 2.93. The summed E-state index contributed by atoms with van der Waals surface area (Å²) in [7, 11) is 0. The number of anilines is 1. The summed E-state index contributed by atoms with van der Waals surface area (Å²) >= 11 is 1.34. The number of aromatic nitrogens is 2. The number of hydrogen-bond donors (Lipinski definition) is 1. The van der Waals surface area contributed by atoms with E-state index in [9.17, 15) is 4.79 Å². The number of rotatable bonds is 4. The fourth-order valence-electron chi connectivity index (χ4n) is 1.74. The van der Waals surface area contributed by atoms with Crippen molar-refractivity contribution in [3.8, 4) is 11.1 Å². The van der Waals surface area contributed by atoms with Gasteiger partial charge in [-0.25, -0.2) is 4.79 Å². The lowest BCUT2D eigenvalue weighted by Gasteiger charge is -2.08. The van der Waals surface area contributed by atoms with Gasteiger partial charge in [-0.15, -0.1) is 11.3 Å². The first-order valence-electron chi connectivity index (χ1n) is 6.13. The molecule has 0 radical (unpaired) electrons. The molecular weight excluding hydrogens is 262 g/mol. The van der Waals surface area contributed by atoms with Crippen LogP contribution in [0.1, 0.15) is 31.1 Å². The highest BCUT2D eigenvalue weighted by atomic mass is 32.1. The second kappa shape index (κ2) is 5.44.